The van der Waals surface area contributed by atoms with E-state index in [9.17, 15) is 4.39 Å². The van der Waals surface area contributed by atoms with E-state index in [2.05, 4.69) is 12.0 Å². The molecule has 1 aromatic heterocycles. The molecule has 19 heavy (non-hydrogen) atoms. The molecule has 0 aliphatic heterocycles. The molecule has 4 heteroatoms. The zero-order valence-corrected chi connectivity index (χ0v) is 11.7. The third-order valence-electron chi connectivity index (χ3n) is 3.20. The molecule has 0 radical (unpaired) electrons. The van der Waals surface area contributed by atoms with Crippen molar-refractivity contribution in [1.82, 2.24) is 9.78 Å². The van der Waals surface area contributed by atoms with E-state index in [1.807, 2.05) is 26.2 Å². The average Bonchev–Trinajstić information content (AvgIpc) is 2.71. The lowest BCUT2D eigenvalue weighted by molar-refractivity contribution is 0.629. The SMILES string of the molecule is CCCc1nn(C)cc1-c1cc(C(C)N)ccc1F. The van der Waals surface area contributed by atoms with Crippen molar-refractivity contribution in [2.75, 3.05) is 0 Å². The molecule has 0 saturated heterocycles. The van der Waals surface area contributed by atoms with Gasteiger partial charge in [-0.3, -0.25) is 4.68 Å². The zero-order chi connectivity index (χ0) is 14.0. The molecule has 0 fully saturated rings. The van der Waals surface area contributed by atoms with Gasteiger partial charge >= 0.3 is 0 Å². The van der Waals surface area contributed by atoms with Gasteiger partial charge in [0.15, 0.2) is 0 Å². The zero-order valence-electron chi connectivity index (χ0n) is 11.7. The Bertz CT molecular complexity index is 573. The van der Waals surface area contributed by atoms with Gasteiger partial charge in [-0.05, 0) is 31.0 Å². The third-order valence-corrected chi connectivity index (χ3v) is 3.20. The Balaban J connectivity index is 2.54. The van der Waals surface area contributed by atoms with Gasteiger partial charge in [0.2, 0.25) is 0 Å². The Morgan fingerprint density at radius 1 is 1.37 bits per heavy atom. The second kappa shape index (κ2) is 5.53. The monoisotopic (exact) mass is 261 g/mol. The molecule has 3 nitrogen and oxygen atoms in total. The van der Waals surface area contributed by atoms with Crippen LogP contribution in [0.4, 0.5) is 4.39 Å². The van der Waals surface area contributed by atoms with Crippen LogP contribution in [0.25, 0.3) is 11.1 Å². The number of nitrogens with zero attached hydrogens (tertiary/aromatic N) is 2. The highest BCUT2D eigenvalue weighted by Crippen LogP contribution is 2.28. The number of hydrogen-bond acceptors (Lipinski definition) is 2. The predicted molar refractivity (Wildman–Crippen MR) is 75.2 cm³/mol. The fourth-order valence-corrected chi connectivity index (χ4v) is 2.21. The summed E-state index contributed by atoms with van der Waals surface area (Å²) < 4.78 is 15.8. The summed E-state index contributed by atoms with van der Waals surface area (Å²) in [6.07, 6.45) is 3.70. The van der Waals surface area contributed by atoms with E-state index >= 15 is 0 Å². The quantitative estimate of drug-likeness (QED) is 0.918. The standard InChI is InChI=1S/C15H20FN3/c1-4-5-15-13(9-19(3)18-15)12-8-11(10(2)17)6-7-14(12)16/h6-10H,4-5,17H2,1-3H3. The molecule has 1 heterocycles. The van der Waals surface area contributed by atoms with E-state index in [1.165, 1.54) is 6.07 Å². The maximum atomic E-state index is 14.1. The van der Waals surface area contributed by atoms with E-state index < -0.39 is 0 Å². The first-order valence-electron chi connectivity index (χ1n) is 6.60. The highest BCUT2D eigenvalue weighted by Gasteiger charge is 2.14. The highest BCUT2D eigenvalue weighted by molar-refractivity contribution is 5.67. The number of aryl methyl sites for hydroxylation is 2. The molecule has 1 unspecified atom stereocenters. The number of aromatic nitrogens is 2. The van der Waals surface area contributed by atoms with E-state index in [-0.39, 0.29) is 11.9 Å². The maximum Gasteiger partial charge on any atom is 0.131 e. The summed E-state index contributed by atoms with van der Waals surface area (Å²) in [7, 11) is 1.86. The van der Waals surface area contributed by atoms with Crippen LogP contribution in [0.15, 0.2) is 24.4 Å². The van der Waals surface area contributed by atoms with Gasteiger partial charge in [-0.25, -0.2) is 4.39 Å². The van der Waals surface area contributed by atoms with Crippen LogP contribution >= 0.6 is 0 Å². The van der Waals surface area contributed by atoms with Gasteiger partial charge in [-0.2, -0.15) is 5.10 Å². The average molecular weight is 261 g/mol. The molecule has 0 spiro atoms. The molecular weight excluding hydrogens is 241 g/mol. The Morgan fingerprint density at radius 2 is 2.11 bits per heavy atom. The summed E-state index contributed by atoms with van der Waals surface area (Å²) in [5, 5.41) is 4.41. The minimum Gasteiger partial charge on any atom is -0.324 e. The molecule has 2 rings (SSSR count). The second-order valence-corrected chi connectivity index (χ2v) is 4.94. The number of halogens is 1. The van der Waals surface area contributed by atoms with Crippen molar-refractivity contribution in [3.8, 4) is 11.1 Å². The van der Waals surface area contributed by atoms with Crippen LogP contribution in [-0.4, -0.2) is 9.78 Å². The van der Waals surface area contributed by atoms with Crippen LogP contribution in [0.1, 0.15) is 37.6 Å². The Kier molecular flexibility index (Phi) is 4.00. The van der Waals surface area contributed by atoms with Gasteiger partial charge in [-0.1, -0.05) is 19.4 Å². The Morgan fingerprint density at radius 3 is 2.74 bits per heavy atom. The normalized spacial score (nSPS) is 12.7. The molecule has 0 aliphatic rings. The molecule has 1 aromatic carbocycles. The van der Waals surface area contributed by atoms with Crippen molar-refractivity contribution in [2.24, 2.45) is 12.8 Å². The summed E-state index contributed by atoms with van der Waals surface area (Å²) in [5.41, 5.74) is 9.19. The lowest BCUT2D eigenvalue weighted by Crippen LogP contribution is -2.05. The summed E-state index contributed by atoms with van der Waals surface area (Å²) in [6, 6.07) is 4.94. The van der Waals surface area contributed by atoms with Crippen molar-refractivity contribution >= 4 is 0 Å². The van der Waals surface area contributed by atoms with Crippen LogP contribution in [0.2, 0.25) is 0 Å². The molecule has 0 amide bonds. The van der Waals surface area contributed by atoms with Crippen LogP contribution in [-0.2, 0) is 13.5 Å². The molecule has 0 bridgehead atoms. The van der Waals surface area contributed by atoms with Gasteiger partial charge in [-0.15, -0.1) is 0 Å². The van der Waals surface area contributed by atoms with Crippen molar-refractivity contribution in [1.29, 1.82) is 0 Å². The first-order valence-corrected chi connectivity index (χ1v) is 6.60. The van der Waals surface area contributed by atoms with E-state index in [0.717, 1.165) is 29.7 Å². The molecular formula is C15H20FN3. The third kappa shape index (κ3) is 2.84. The first kappa shape index (κ1) is 13.7. The number of benzene rings is 1. The summed E-state index contributed by atoms with van der Waals surface area (Å²) >= 11 is 0. The summed E-state index contributed by atoms with van der Waals surface area (Å²) in [5.74, 6) is -0.227. The number of rotatable bonds is 4. The fraction of sp³-hybridized carbons (Fsp3) is 0.400. The van der Waals surface area contributed by atoms with E-state index in [4.69, 9.17) is 5.73 Å². The molecule has 2 N–H and O–H groups in total. The molecule has 0 saturated carbocycles. The van der Waals surface area contributed by atoms with Crippen LogP contribution in [0, 0.1) is 5.82 Å². The summed E-state index contributed by atoms with van der Waals surface area (Å²) in [6.45, 7) is 3.99. The first-order chi connectivity index (χ1) is 9.02. The predicted octanol–water partition coefficient (Wildman–Crippen LogP) is 3.20. The van der Waals surface area contributed by atoms with Crippen molar-refractivity contribution in [2.45, 2.75) is 32.7 Å². The van der Waals surface area contributed by atoms with Gasteiger partial charge in [0, 0.05) is 30.4 Å². The molecule has 102 valence electrons. The Labute approximate surface area is 113 Å². The van der Waals surface area contributed by atoms with Crippen molar-refractivity contribution < 1.29 is 4.39 Å². The molecule has 2 aromatic rings. The highest BCUT2D eigenvalue weighted by atomic mass is 19.1. The minimum atomic E-state index is -0.227. The smallest absolute Gasteiger partial charge is 0.131 e. The lowest BCUT2D eigenvalue weighted by atomic mass is 9.99. The van der Waals surface area contributed by atoms with Crippen LogP contribution < -0.4 is 5.73 Å². The maximum absolute atomic E-state index is 14.1. The van der Waals surface area contributed by atoms with Gasteiger partial charge in [0.1, 0.15) is 5.82 Å². The van der Waals surface area contributed by atoms with Crippen LogP contribution in [0.5, 0.6) is 0 Å². The second-order valence-electron chi connectivity index (χ2n) is 4.94. The van der Waals surface area contributed by atoms with Crippen molar-refractivity contribution in [3.05, 3.63) is 41.5 Å². The molecule has 0 aliphatic carbocycles. The topological polar surface area (TPSA) is 43.8 Å². The van der Waals surface area contributed by atoms with Crippen molar-refractivity contribution in [3.63, 3.8) is 0 Å². The summed E-state index contributed by atoms with van der Waals surface area (Å²) in [4.78, 5) is 0. The fourth-order valence-electron chi connectivity index (χ4n) is 2.21. The Hall–Kier alpha value is -1.68. The number of nitrogens with two attached hydrogens (primary N) is 1. The van der Waals surface area contributed by atoms with Gasteiger partial charge in [0.25, 0.3) is 0 Å². The van der Waals surface area contributed by atoms with E-state index in [1.54, 1.807) is 10.7 Å². The van der Waals surface area contributed by atoms with Crippen LogP contribution in [0.3, 0.4) is 0 Å². The largest absolute Gasteiger partial charge is 0.324 e. The number of hydrogen-bond donors (Lipinski definition) is 1. The van der Waals surface area contributed by atoms with Gasteiger partial charge < -0.3 is 5.73 Å². The van der Waals surface area contributed by atoms with Gasteiger partial charge in [0.05, 0.1) is 5.69 Å². The molecule has 1 atom stereocenters. The van der Waals surface area contributed by atoms with E-state index in [0.29, 0.717) is 5.56 Å². The lowest BCUT2D eigenvalue weighted by Gasteiger charge is -2.09. The minimum absolute atomic E-state index is 0.106.